The Labute approximate surface area is 84.6 Å². The minimum absolute atomic E-state index is 0.311. The fourth-order valence-corrected chi connectivity index (χ4v) is 2.09. The monoisotopic (exact) mass is 204 g/mol. The Morgan fingerprint density at radius 1 is 1.54 bits per heavy atom. The van der Waals surface area contributed by atoms with E-state index in [9.17, 15) is 4.79 Å². The van der Waals surface area contributed by atoms with Gasteiger partial charge in [-0.05, 0) is 31.1 Å². The summed E-state index contributed by atoms with van der Waals surface area (Å²) in [4.78, 5) is 15.0. The fraction of sp³-hybridized carbons (Fsp3) is 0.889. The molecule has 0 aliphatic carbocycles. The van der Waals surface area contributed by atoms with Crippen LogP contribution in [0.3, 0.4) is 0 Å². The minimum Gasteiger partial charge on any atom is -0.328 e. The third-order valence-corrected chi connectivity index (χ3v) is 2.98. The van der Waals surface area contributed by atoms with Crippen LogP contribution in [0.1, 0.15) is 20.3 Å². The molecule has 1 rings (SSSR count). The van der Waals surface area contributed by atoms with Gasteiger partial charge in [-0.15, -0.1) is 0 Å². The molecule has 1 atom stereocenters. The number of carbonyl (C=O) groups is 1. The van der Waals surface area contributed by atoms with Crippen LogP contribution in [0.5, 0.6) is 0 Å². The molecule has 1 amide bonds. The van der Waals surface area contributed by atoms with Crippen LogP contribution in [0.25, 0.3) is 0 Å². The minimum atomic E-state index is -0.311. The lowest BCUT2D eigenvalue weighted by molar-refractivity contribution is 0.207. The van der Waals surface area contributed by atoms with Gasteiger partial charge in [-0.25, -0.2) is 0 Å². The molecular weight excluding hydrogens is 188 g/mol. The molecule has 4 heteroatoms. The average molecular weight is 205 g/mol. The van der Waals surface area contributed by atoms with E-state index in [0.29, 0.717) is 6.04 Å². The molecule has 0 aromatic rings. The smallest absolute Gasteiger partial charge is 0.316 e. The number of hydrogen-bond acceptors (Lipinski definition) is 2. The van der Waals surface area contributed by atoms with Gasteiger partial charge in [0.05, 0.1) is 0 Å². The molecule has 1 heterocycles. The van der Waals surface area contributed by atoms with Gasteiger partial charge in [0.25, 0.3) is 0 Å². The Balaban J connectivity index is 2.43. The van der Waals surface area contributed by atoms with Crippen LogP contribution >= 0.6 is 11.6 Å². The lowest BCUT2D eigenvalue weighted by atomic mass is 10.2. The second-order valence-electron chi connectivity index (χ2n) is 3.36. The molecule has 0 saturated carbocycles. The van der Waals surface area contributed by atoms with Gasteiger partial charge in [0, 0.05) is 19.1 Å². The summed E-state index contributed by atoms with van der Waals surface area (Å²) < 4.78 is 0. The first-order valence-electron chi connectivity index (χ1n) is 4.87. The van der Waals surface area contributed by atoms with Crippen molar-refractivity contribution in [3.8, 4) is 0 Å². The van der Waals surface area contributed by atoms with Crippen LogP contribution in [0, 0.1) is 0 Å². The van der Waals surface area contributed by atoms with Crippen molar-refractivity contribution in [3.05, 3.63) is 0 Å². The SMILES string of the molecule is CCN(CC)C1CCN(C(=O)Cl)C1. The maximum atomic E-state index is 10.9. The number of likely N-dealkylation sites (N-methyl/N-ethyl adjacent to an activating group) is 1. The van der Waals surface area contributed by atoms with Crippen molar-refractivity contribution in [2.75, 3.05) is 26.2 Å². The highest BCUT2D eigenvalue weighted by Gasteiger charge is 2.27. The van der Waals surface area contributed by atoms with Gasteiger partial charge in [0.2, 0.25) is 0 Å². The van der Waals surface area contributed by atoms with Gasteiger partial charge in [-0.3, -0.25) is 9.69 Å². The van der Waals surface area contributed by atoms with Crippen LogP contribution in [0.2, 0.25) is 0 Å². The molecule has 0 N–H and O–H groups in total. The summed E-state index contributed by atoms with van der Waals surface area (Å²) in [6.45, 7) is 7.99. The van der Waals surface area contributed by atoms with Gasteiger partial charge in [-0.1, -0.05) is 13.8 Å². The molecule has 1 saturated heterocycles. The van der Waals surface area contributed by atoms with E-state index in [1.54, 1.807) is 4.90 Å². The van der Waals surface area contributed by atoms with E-state index in [1.807, 2.05) is 0 Å². The summed E-state index contributed by atoms with van der Waals surface area (Å²) in [6, 6.07) is 0.512. The molecule has 0 aromatic heterocycles. The van der Waals surface area contributed by atoms with Crippen molar-refractivity contribution in [1.29, 1.82) is 0 Å². The molecule has 1 aliphatic heterocycles. The first-order valence-corrected chi connectivity index (χ1v) is 5.25. The molecule has 1 aliphatic rings. The number of likely N-dealkylation sites (tertiary alicyclic amines) is 1. The molecule has 76 valence electrons. The highest BCUT2D eigenvalue weighted by molar-refractivity contribution is 6.62. The number of hydrogen-bond donors (Lipinski definition) is 0. The molecule has 0 bridgehead atoms. The molecule has 1 unspecified atom stereocenters. The largest absolute Gasteiger partial charge is 0.328 e. The molecular formula is C9H17ClN2O. The van der Waals surface area contributed by atoms with Crippen molar-refractivity contribution < 1.29 is 4.79 Å². The number of carbonyl (C=O) groups excluding carboxylic acids is 1. The summed E-state index contributed by atoms with van der Waals surface area (Å²) in [5.74, 6) is 0. The van der Waals surface area contributed by atoms with Crippen molar-refractivity contribution in [1.82, 2.24) is 9.80 Å². The molecule has 0 spiro atoms. The Hall–Kier alpha value is -0.280. The predicted octanol–water partition coefficient (Wildman–Crippen LogP) is 1.76. The number of rotatable bonds is 3. The molecule has 0 aromatic carbocycles. The lowest BCUT2D eigenvalue weighted by Crippen LogP contribution is -2.37. The normalized spacial score (nSPS) is 22.8. The first kappa shape index (κ1) is 10.8. The van der Waals surface area contributed by atoms with Gasteiger partial charge in [0.1, 0.15) is 0 Å². The summed E-state index contributed by atoms with van der Waals surface area (Å²) >= 11 is 5.41. The predicted molar refractivity (Wildman–Crippen MR) is 54.1 cm³/mol. The quantitative estimate of drug-likeness (QED) is 0.517. The highest BCUT2D eigenvalue weighted by atomic mass is 35.5. The van der Waals surface area contributed by atoms with Crippen molar-refractivity contribution in [2.24, 2.45) is 0 Å². The van der Waals surface area contributed by atoms with E-state index in [4.69, 9.17) is 11.6 Å². The van der Waals surface area contributed by atoms with Gasteiger partial charge in [-0.2, -0.15) is 0 Å². The number of nitrogens with zero attached hydrogens (tertiary/aromatic N) is 2. The second kappa shape index (κ2) is 4.82. The van der Waals surface area contributed by atoms with E-state index in [2.05, 4.69) is 18.7 Å². The third-order valence-electron chi connectivity index (χ3n) is 2.74. The summed E-state index contributed by atoms with van der Waals surface area (Å²) in [6.07, 6.45) is 1.06. The summed E-state index contributed by atoms with van der Waals surface area (Å²) in [5.41, 5.74) is 0. The van der Waals surface area contributed by atoms with E-state index in [-0.39, 0.29) is 5.37 Å². The Morgan fingerprint density at radius 2 is 2.15 bits per heavy atom. The molecule has 0 radical (unpaired) electrons. The lowest BCUT2D eigenvalue weighted by Gasteiger charge is -2.25. The van der Waals surface area contributed by atoms with Crippen LogP contribution in [0.15, 0.2) is 0 Å². The molecule has 3 nitrogen and oxygen atoms in total. The van der Waals surface area contributed by atoms with Crippen molar-refractivity contribution in [2.45, 2.75) is 26.3 Å². The highest BCUT2D eigenvalue weighted by Crippen LogP contribution is 2.16. The first-order chi connectivity index (χ1) is 6.19. The van der Waals surface area contributed by atoms with Crippen LogP contribution in [0.4, 0.5) is 4.79 Å². The van der Waals surface area contributed by atoms with E-state index >= 15 is 0 Å². The van der Waals surface area contributed by atoms with Gasteiger partial charge >= 0.3 is 5.37 Å². The van der Waals surface area contributed by atoms with Crippen molar-refractivity contribution in [3.63, 3.8) is 0 Å². The standard InChI is InChI=1S/C9H17ClN2O/c1-3-11(4-2)8-5-6-12(7-8)9(10)13/h8H,3-7H2,1-2H3. The summed E-state index contributed by atoms with van der Waals surface area (Å²) in [7, 11) is 0. The van der Waals surface area contributed by atoms with Crippen LogP contribution in [-0.4, -0.2) is 47.4 Å². The van der Waals surface area contributed by atoms with E-state index in [1.165, 1.54) is 0 Å². The molecule has 1 fully saturated rings. The Morgan fingerprint density at radius 3 is 2.54 bits per heavy atom. The molecule has 13 heavy (non-hydrogen) atoms. The number of halogens is 1. The maximum Gasteiger partial charge on any atom is 0.316 e. The van der Waals surface area contributed by atoms with Crippen molar-refractivity contribution >= 4 is 17.0 Å². The summed E-state index contributed by atoms with van der Waals surface area (Å²) in [5, 5.41) is -0.311. The fourth-order valence-electron chi connectivity index (χ4n) is 1.94. The van der Waals surface area contributed by atoms with Gasteiger partial charge < -0.3 is 4.90 Å². The van der Waals surface area contributed by atoms with Gasteiger partial charge in [0.15, 0.2) is 0 Å². The van der Waals surface area contributed by atoms with E-state index < -0.39 is 0 Å². The van der Waals surface area contributed by atoms with E-state index in [0.717, 1.165) is 32.6 Å². The third kappa shape index (κ3) is 2.58. The van der Waals surface area contributed by atoms with Crippen LogP contribution < -0.4 is 0 Å². The Kier molecular flexibility index (Phi) is 4.00. The second-order valence-corrected chi connectivity index (χ2v) is 3.69. The Bertz CT molecular complexity index is 182. The number of amides is 1. The van der Waals surface area contributed by atoms with Crippen LogP contribution in [-0.2, 0) is 0 Å². The zero-order valence-electron chi connectivity index (χ0n) is 8.29. The average Bonchev–Trinajstić information content (AvgIpc) is 2.56. The zero-order chi connectivity index (χ0) is 9.84. The topological polar surface area (TPSA) is 23.6 Å². The zero-order valence-corrected chi connectivity index (χ0v) is 9.05. The maximum absolute atomic E-state index is 10.9.